The van der Waals surface area contributed by atoms with Gasteiger partial charge in [-0.1, -0.05) is 37.3 Å². The third-order valence-corrected chi connectivity index (χ3v) is 4.74. The minimum absolute atomic E-state index is 0. The zero-order valence-electron chi connectivity index (χ0n) is 13.7. The maximum atomic E-state index is 11.8. The van der Waals surface area contributed by atoms with Gasteiger partial charge in [-0.25, -0.2) is 8.42 Å². The Labute approximate surface area is 178 Å². The first-order valence-corrected chi connectivity index (χ1v) is 8.69. The number of aryl methyl sites for hydroxylation is 1. The molecule has 0 bridgehead atoms. The summed E-state index contributed by atoms with van der Waals surface area (Å²) in [7, 11) is -2.04. The largest absolute Gasteiger partial charge is 3.00 e. The Morgan fingerprint density at radius 2 is 1.80 bits per heavy atom. The van der Waals surface area contributed by atoms with Gasteiger partial charge in [-0.3, -0.25) is 4.72 Å². The van der Waals surface area contributed by atoms with Gasteiger partial charge in [0.1, 0.15) is 0 Å². The van der Waals surface area contributed by atoms with Crippen LogP contribution in [0.25, 0.3) is 5.73 Å². The van der Waals surface area contributed by atoms with Crippen LogP contribution in [0.5, 0.6) is 0 Å². The van der Waals surface area contributed by atoms with E-state index in [1.54, 1.807) is 50.4 Å². The fourth-order valence-corrected chi connectivity index (χ4v) is 3.10. The Kier molecular flexibility index (Phi) is 10.7. The first-order valence-electron chi connectivity index (χ1n) is 6.80. The molecule has 6 nitrogen and oxygen atoms in total. The molecule has 0 spiro atoms. The van der Waals surface area contributed by atoms with E-state index in [0.717, 1.165) is 0 Å². The summed E-state index contributed by atoms with van der Waals surface area (Å²) in [6.07, 6.45) is 0. The molecular formula is C16H17N3O3S2Y+. The maximum absolute atomic E-state index is 11.8. The number of rotatable bonds is 3. The summed E-state index contributed by atoms with van der Waals surface area (Å²) in [5, 5.41) is 2.61. The Morgan fingerprint density at radius 3 is 2.24 bits per heavy atom. The van der Waals surface area contributed by atoms with Crippen LogP contribution < -0.4 is 10.0 Å². The summed E-state index contributed by atoms with van der Waals surface area (Å²) in [4.78, 5) is 10.5. The van der Waals surface area contributed by atoms with E-state index in [1.807, 2.05) is 6.07 Å². The number of nitrogens with one attached hydrogen (secondary N) is 3. The fraction of sp³-hybridized carbons (Fsp3) is 0.125. The SMILES string of the molecule is CNC(=S)NS(=O)(=O)c1c[c-]ccc1C.[NH-]C(=O)c1ccccc1.[Y+3]. The van der Waals surface area contributed by atoms with Crippen LogP contribution in [0, 0.1) is 13.0 Å². The van der Waals surface area contributed by atoms with Gasteiger partial charge in [0.15, 0.2) is 5.11 Å². The Balaban J connectivity index is 0.000000495. The van der Waals surface area contributed by atoms with Gasteiger partial charge in [0.25, 0.3) is 0 Å². The molecule has 0 aliphatic rings. The van der Waals surface area contributed by atoms with Crippen molar-refractivity contribution in [3.63, 3.8) is 0 Å². The van der Waals surface area contributed by atoms with Crippen molar-refractivity contribution >= 4 is 33.3 Å². The predicted molar refractivity (Wildman–Crippen MR) is 97.1 cm³/mol. The van der Waals surface area contributed by atoms with E-state index in [2.05, 4.69) is 16.1 Å². The van der Waals surface area contributed by atoms with Crippen LogP contribution in [-0.4, -0.2) is 26.5 Å². The molecule has 0 radical (unpaired) electrons. The summed E-state index contributed by atoms with van der Waals surface area (Å²) >= 11 is 4.74. The second-order valence-corrected chi connectivity index (χ2v) is 6.63. The van der Waals surface area contributed by atoms with Crippen molar-refractivity contribution in [2.24, 2.45) is 0 Å². The van der Waals surface area contributed by atoms with Gasteiger partial charge in [-0.2, -0.15) is 24.3 Å². The molecule has 1 amide bonds. The zero-order valence-corrected chi connectivity index (χ0v) is 18.2. The normalized spacial score (nSPS) is 9.68. The van der Waals surface area contributed by atoms with Crippen LogP contribution in [0.15, 0.2) is 53.4 Å². The van der Waals surface area contributed by atoms with Gasteiger partial charge in [0, 0.05) is 7.05 Å². The molecule has 2 aromatic carbocycles. The second kappa shape index (κ2) is 11.3. The van der Waals surface area contributed by atoms with E-state index in [1.165, 1.54) is 6.07 Å². The van der Waals surface area contributed by atoms with Crippen LogP contribution in [0.4, 0.5) is 0 Å². The van der Waals surface area contributed by atoms with Gasteiger partial charge in [-0.05, 0) is 22.7 Å². The first kappa shape index (κ1) is 23.7. The minimum atomic E-state index is -3.59. The molecule has 0 aliphatic heterocycles. The molecule has 0 saturated heterocycles. The van der Waals surface area contributed by atoms with E-state index < -0.39 is 15.9 Å². The first-order chi connectivity index (χ1) is 11.3. The second-order valence-electron chi connectivity index (χ2n) is 4.57. The zero-order chi connectivity index (χ0) is 18.2. The standard InChI is InChI=1S/C9H11N2O2S2.C7H7NO.Y/c1-7-5-3-4-6-8(7)15(12,13)11-9(14)10-2;8-7(9)6-4-2-1-3-5-6;/h3,5-6H,1-2H3,(H2,10,11,14);1-5H,(H2,8,9);/q-1;;+3/p-1. The number of thiocarbonyl (C=S) groups is 1. The van der Waals surface area contributed by atoms with Crippen LogP contribution in [0.2, 0.25) is 0 Å². The van der Waals surface area contributed by atoms with Crippen molar-refractivity contribution in [3.8, 4) is 0 Å². The molecule has 25 heavy (non-hydrogen) atoms. The van der Waals surface area contributed by atoms with Gasteiger partial charge in [0.2, 0.25) is 10.0 Å². The maximum Gasteiger partial charge on any atom is 3.00 e. The molecule has 0 heterocycles. The molecule has 2 aromatic rings. The van der Waals surface area contributed by atoms with Gasteiger partial charge in [-0.15, -0.1) is 5.56 Å². The predicted octanol–water partition coefficient (Wildman–Crippen LogP) is 2.45. The smallest absolute Gasteiger partial charge is 0.664 e. The molecule has 9 heteroatoms. The average molecular weight is 452 g/mol. The summed E-state index contributed by atoms with van der Waals surface area (Å²) in [6.45, 7) is 1.71. The number of carbonyl (C=O) groups excluding carboxylic acids is 1. The molecule has 0 fully saturated rings. The topological polar surface area (TPSA) is 99.1 Å². The third kappa shape index (κ3) is 8.05. The molecule has 0 aromatic heterocycles. The van der Waals surface area contributed by atoms with Crippen molar-refractivity contribution in [2.45, 2.75) is 11.8 Å². The molecule has 0 unspecified atom stereocenters. The Morgan fingerprint density at radius 1 is 1.20 bits per heavy atom. The van der Waals surface area contributed by atoms with E-state index in [4.69, 9.17) is 18.0 Å². The fourth-order valence-electron chi connectivity index (χ4n) is 1.60. The van der Waals surface area contributed by atoms with E-state index >= 15 is 0 Å². The molecule has 0 aliphatic carbocycles. The summed E-state index contributed by atoms with van der Waals surface area (Å²) in [6, 6.07) is 16.0. The molecule has 3 N–H and O–H groups in total. The minimum Gasteiger partial charge on any atom is -0.664 e. The molecule has 0 saturated carbocycles. The van der Waals surface area contributed by atoms with E-state index in [9.17, 15) is 13.2 Å². The van der Waals surface area contributed by atoms with Gasteiger partial charge < -0.3 is 15.8 Å². The molecule has 128 valence electrons. The van der Waals surface area contributed by atoms with E-state index in [0.29, 0.717) is 11.1 Å². The van der Waals surface area contributed by atoms with Crippen molar-refractivity contribution in [1.29, 1.82) is 0 Å². The number of amides is 1. The number of hydrogen-bond acceptors (Lipinski definition) is 4. The summed E-state index contributed by atoms with van der Waals surface area (Å²) < 4.78 is 25.8. The quantitative estimate of drug-likeness (QED) is 0.551. The monoisotopic (exact) mass is 452 g/mol. The van der Waals surface area contributed by atoms with Gasteiger partial charge in [0.05, 0.1) is 5.91 Å². The van der Waals surface area contributed by atoms with Crippen molar-refractivity contribution in [1.82, 2.24) is 10.0 Å². The number of sulfonamides is 1. The number of benzene rings is 2. The van der Waals surface area contributed by atoms with E-state index in [-0.39, 0.29) is 42.7 Å². The van der Waals surface area contributed by atoms with Crippen LogP contribution >= 0.6 is 12.2 Å². The summed E-state index contributed by atoms with van der Waals surface area (Å²) in [5.41, 5.74) is 7.77. The Bertz CT molecular complexity index is 812. The number of hydrogen-bond donors (Lipinski definition) is 2. The van der Waals surface area contributed by atoms with Gasteiger partial charge >= 0.3 is 32.7 Å². The molecule has 0 atom stereocenters. The van der Waals surface area contributed by atoms with Crippen molar-refractivity contribution in [2.75, 3.05) is 7.05 Å². The molecular weight excluding hydrogens is 435 g/mol. The van der Waals surface area contributed by atoms with Crippen molar-refractivity contribution < 1.29 is 45.9 Å². The third-order valence-electron chi connectivity index (χ3n) is 2.81. The van der Waals surface area contributed by atoms with Crippen LogP contribution in [0.1, 0.15) is 15.9 Å². The van der Waals surface area contributed by atoms with Crippen molar-refractivity contribution in [3.05, 3.63) is 71.5 Å². The van der Waals surface area contributed by atoms with Crippen LogP contribution in [0.3, 0.4) is 0 Å². The summed E-state index contributed by atoms with van der Waals surface area (Å²) in [5.74, 6) is -0.629. The average Bonchev–Trinajstić information content (AvgIpc) is 2.56. The number of carbonyl (C=O) groups is 1. The molecule has 2 rings (SSSR count). The Hall–Kier alpha value is -1.35. The van der Waals surface area contributed by atoms with Crippen LogP contribution in [-0.2, 0) is 42.7 Å².